The summed E-state index contributed by atoms with van der Waals surface area (Å²) >= 11 is 35.4. The number of aromatic nitrogens is 20. The summed E-state index contributed by atoms with van der Waals surface area (Å²) in [5.74, 6) is 3.61. The van der Waals surface area contributed by atoms with Gasteiger partial charge in [-0.15, -0.1) is 0 Å². The summed E-state index contributed by atoms with van der Waals surface area (Å²) in [6.07, 6.45) is 7.61. The molecule has 30 nitrogen and oxygen atoms in total. The molecule has 40 heteroatoms. The third-order valence-electron chi connectivity index (χ3n) is 16.3. The molecule has 3 aliphatic rings. The smallest absolute Gasteiger partial charge is 0.423 e. The average Bonchev–Trinajstić information content (AvgIpc) is 1.65. The molecule has 10 N–H and O–H groups in total. The number of benzene rings is 3. The van der Waals surface area contributed by atoms with Crippen molar-refractivity contribution in [3.8, 4) is 17.1 Å². The van der Waals surface area contributed by atoms with E-state index in [0.717, 1.165) is 119 Å². The van der Waals surface area contributed by atoms with Crippen LogP contribution in [0.5, 0.6) is 0 Å². The number of H-pyrrole nitrogens is 3. The van der Waals surface area contributed by atoms with E-state index in [1.807, 2.05) is 119 Å². The zero-order valence-corrected chi connectivity index (χ0v) is 64.1. The van der Waals surface area contributed by atoms with E-state index < -0.39 is 7.12 Å². The van der Waals surface area contributed by atoms with Gasteiger partial charge >= 0.3 is 7.12 Å². The average molecular weight is 1640 g/mol. The van der Waals surface area contributed by atoms with Crippen LogP contribution < -0.4 is 32.0 Å². The minimum atomic E-state index is -1.30. The molecule has 3 aromatic carbocycles. The summed E-state index contributed by atoms with van der Waals surface area (Å²) in [7, 11) is -1.30. The van der Waals surface area contributed by atoms with Gasteiger partial charge in [-0.2, -0.15) is 75.3 Å². The molecule has 20 rings (SSSR count). The van der Waals surface area contributed by atoms with Gasteiger partial charge in [-0.05, 0) is 121 Å². The third kappa shape index (κ3) is 19.0. The maximum Gasteiger partial charge on any atom is 0.489 e. The largest absolute Gasteiger partial charge is 0.489 e. The predicted molar refractivity (Wildman–Crippen MR) is 434 cm³/mol. The van der Waals surface area contributed by atoms with Gasteiger partial charge in [0.25, 0.3) is 0 Å². The number of aromatic amines is 3. The highest BCUT2D eigenvalue weighted by atomic mass is 35.5. The first-order valence-electron chi connectivity index (χ1n) is 33.4. The Kier molecular flexibility index (Phi) is 25.3. The first-order chi connectivity index (χ1) is 53.4. The van der Waals surface area contributed by atoms with Crippen molar-refractivity contribution in [2.24, 2.45) is 10.7 Å². The second-order valence-corrected chi connectivity index (χ2v) is 28.2. The number of rotatable bonds is 12. The highest BCUT2D eigenvalue weighted by Gasteiger charge is 2.22. The SMILES string of the molecule is C1COCCN1.Clc1nc(Cl)c2[nH]cnc2n1.Clc1nc(Cl)c2ncn(-c3ccsc3)c2n1.Clc1nc(NCc2nc3ccccc3[nH]2)c2ncn(-c3ccsc3)c2n1.NCC1=Nc2ccccc2C1.OB(O)c1ccsc1.c1ccc2[nH]c(CNc3nc(N4CCOCC4)nc4c3ncn4-c3ccsc3)nc2c1. The number of nitrogens with zero attached hydrogens (tertiary/aromatic N) is 19. The third-order valence-corrected chi connectivity index (χ3v) is 20.0. The van der Waals surface area contributed by atoms with Crippen LogP contribution in [0.2, 0.25) is 26.2 Å². The van der Waals surface area contributed by atoms with Gasteiger partial charge < -0.3 is 61.1 Å². The van der Waals surface area contributed by atoms with E-state index >= 15 is 0 Å². The van der Waals surface area contributed by atoms with E-state index in [0.29, 0.717) is 89.4 Å². The van der Waals surface area contributed by atoms with Gasteiger partial charge in [-0.1, -0.05) is 71.7 Å². The van der Waals surface area contributed by atoms with Crippen molar-refractivity contribution in [2.45, 2.75) is 19.5 Å². The number of nitrogens with one attached hydrogen (secondary N) is 6. The second kappa shape index (κ2) is 36.4. The summed E-state index contributed by atoms with van der Waals surface area (Å²) in [5, 5.41) is 43.4. The number of fused-ring (bicyclic) bond motifs is 7. The highest BCUT2D eigenvalue weighted by Crippen LogP contribution is 2.31. The number of anilines is 3. The van der Waals surface area contributed by atoms with E-state index in [-0.39, 0.29) is 26.2 Å². The molecule has 554 valence electrons. The Balaban J connectivity index is 0.000000114. The summed E-state index contributed by atoms with van der Waals surface area (Å²) in [6.45, 7) is 8.27. The van der Waals surface area contributed by atoms with Crippen LogP contribution >= 0.6 is 103 Å². The minimum Gasteiger partial charge on any atom is -0.423 e. The molecule has 17 heterocycles. The first-order valence-corrected chi connectivity index (χ1v) is 39.0. The Morgan fingerprint density at radius 1 is 0.523 bits per heavy atom. The van der Waals surface area contributed by atoms with E-state index in [2.05, 4.69) is 118 Å². The van der Waals surface area contributed by atoms with E-state index in [4.69, 9.17) is 93.2 Å². The van der Waals surface area contributed by atoms with Gasteiger partial charge in [0.1, 0.15) is 41.7 Å². The topological polar surface area (TPSA) is 379 Å². The zero-order valence-electron chi connectivity index (χ0n) is 57.0. The van der Waals surface area contributed by atoms with Crippen LogP contribution in [-0.4, -0.2) is 180 Å². The maximum absolute atomic E-state index is 8.47. The fraction of sp³-hybridized carbons (Fsp3) is 0.174. The first kappa shape index (κ1) is 75.7. The lowest BCUT2D eigenvalue weighted by Gasteiger charge is -2.27. The van der Waals surface area contributed by atoms with Crippen LogP contribution in [0.25, 0.3) is 83.8 Å². The molecule has 3 aliphatic heterocycles. The lowest BCUT2D eigenvalue weighted by molar-refractivity contribution is 0.109. The molecule has 17 aromatic rings. The van der Waals surface area contributed by atoms with Crippen LogP contribution in [0.4, 0.5) is 23.3 Å². The molecule has 0 saturated carbocycles. The van der Waals surface area contributed by atoms with Crippen molar-refractivity contribution in [2.75, 3.05) is 74.7 Å². The molecule has 2 fully saturated rings. The molecule has 2 saturated heterocycles. The van der Waals surface area contributed by atoms with Crippen molar-refractivity contribution < 1.29 is 19.5 Å². The number of hydrogen-bond donors (Lipinski definition) is 9. The molecule has 0 unspecified atom stereocenters. The Bertz CT molecular complexity index is 5760. The summed E-state index contributed by atoms with van der Waals surface area (Å²) < 4.78 is 16.2. The number of morpholine rings is 2. The molecule has 0 bridgehead atoms. The predicted octanol–water partition coefficient (Wildman–Crippen LogP) is 12.4. The monoisotopic (exact) mass is 1630 g/mol. The van der Waals surface area contributed by atoms with Crippen LogP contribution in [0.3, 0.4) is 0 Å². The molecule has 0 atom stereocenters. The summed E-state index contributed by atoms with van der Waals surface area (Å²) in [6, 6.07) is 31.8. The van der Waals surface area contributed by atoms with Crippen LogP contribution in [0.1, 0.15) is 17.2 Å². The Labute approximate surface area is 660 Å². The van der Waals surface area contributed by atoms with Crippen molar-refractivity contribution >= 4 is 212 Å². The van der Waals surface area contributed by atoms with Crippen molar-refractivity contribution in [1.82, 2.24) is 104 Å². The number of halogens is 5. The van der Waals surface area contributed by atoms with Gasteiger partial charge in [0, 0.05) is 61.0 Å². The zero-order chi connectivity index (χ0) is 75.0. The van der Waals surface area contributed by atoms with Gasteiger partial charge in [-0.3, -0.25) is 18.7 Å². The van der Waals surface area contributed by atoms with Crippen molar-refractivity contribution in [3.05, 3.63) is 209 Å². The number of imidazole rings is 6. The maximum atomic E-state index is 8.47. The Morgan fingerprint density at radius 2 is 1.04 bits per heavy atom. The van der Waals surface area contributed by atoms with E-state index in [9.17, 15) is 0 Å². The van der Waals surface area contributed by atoms with Gasteiger partial charge in [0.05, 0.1) is 90.7 Å². The van der Waals surface area contributed by atoms with Crippen LogP contribution in [-0.2, 0) is 29.0 Å². The second-order valence-electron chi connectivity index (χ2n) is 23.4. The van der Waals surface area contributed by atoms with Crippen LogP contribution in [0.15, 0.2) is 170 Å². The molecule has 0 spiro atoms. The lowest BCUT2D eigenvalue weighted by Crippen LogP contribution is -2.37. The van der Waals surface area contributed by atoms with Crippen LogP contribution in [0, 0.1) is 0 Å². The Hall–Kier alpha value is -10.1. The highest BCUT2D eigenvalue weighted by molar-refractivity contribution is 7.09. The quantitative estimate of drug-likeness (QED) is 0.0312. The number of thiophene rings is 4. The minimum absolute atomic E-state index is 0.106. The van der Waals surface area contributed by atoms with Crippen molar-refractivity contribution in [3.63, 3.8) is 0 Å². The van der Waals surface area contributed by atoms with E-state index in [1.54, 1.807) is 69.8 Å². The summed E-state index contributed by atoms with van der Waals surface area (Å²) in [4.78, 5) is 76.1. The molecule has 0 aliphatic carbocycles. The van der Waals surface area contributed by atoms with Crippen molar-refractivity contribution in [1.29, 1.82) is 0 Å². The lowest BCUT2D eigenvalue weighted by atomic mass is 9.83. The number of para-hydroxylation sites is 5. The number of aliphatic imine (C=N–C) groups is 1. The van der Waals surface area contributed by atoms with Gasteiger partial charge in [0.2, 0.25) is 21.8 Å². The van der Waals surface area contributed by atoms with E-state index in [1.165, 1.54) is 23.2 Å². The normalized spacial score (nSPS) is 13.0. The standard InChI is InChI=1S/C21H20N8OS.C17H12ClN7S.C9H4Cl2N4S.C9H10N2.C5H2Cl2N4.C4H5BO2S.C4H9NO/c1-2-4-16-15(3-1)24-17(25-16)11-22-19-18-20(29(13-23-18)14-5-10-31-12-14)27-21(26-19)28-6-8-30-9-7-28;18-17-23-15(19-7-13-21-11-3-1-2-4-12(11)22-13)14-16(24-17)25(9-20-14)10-5-6-26-8-10;10-7-6-8(14-9(11)13-7)15(4-12-6)5-1-2-16-3-5;10-6-8-5-7-3-1-2-4-9(7)11-8;6-3-2-4(9-1-8-2)11-5(7)10-3;6-5(7)4-1-2-8-3-4;1-3-6-4-2-5-1/h1-5,10,12-13H,6-9,11H2,(H,24,25)(H,22,26,27);1-6,8-9H,7H2,(H,21,22)(H,19,23,24);1-4H;1-4H,5-6,10H2;1H,(H,8,9,10,11);1-3,6-7H;5H,1-4H2. The molecular weight excluding hydrogens is 1570 g/mol. The molecule has 14 aromatic heterocycles. The number of nitrogens with two attached hydrogens (primary N) is 1. The molecule has 0 amide bonds. The molecule has 0 radical (unpaired) electrons. The fourth-order valence-corrected chi connectivity index (χ4v) is 14.6. The Morgan fingerprint density at radius 3 is 1.56 bits per heavy atom. The number of hydrogen-bond acceptors (Lipinski definition) is 28. The van der Waals surface area contributed by atoms with Gasteiger partial charge in [0.15, 0.2) is 55.6 Å². The van der Waals surface area contributed by atoms with Gasteiger partial charge in [-0.25, -0.2) is 39.9 Å². The molecular formula is C69H62BCl5N26O4S4. The fourth-order valence-electron chi connectivity index (χ4n) is 11.0. The number of ether oxygens (including phenoxy) is 2. The molecule has 109 heavy (non-hydrogen) atoms. The summed E-state index contributed by atoms with van der Waals surface area (Å²) in [5.41, 5.74) is 21.5.